The smallest absolute Gasteiger partial charge is 0.344 e. The highest BCUT2D eigenvalue weighted by Crippen LogP contribution is 2.13. The number of carbonyl (C=O) groups is 3. The molecule has 0 unspecified atom stereocenters. The second kappa shape index (κ2) is 8.82. The Morgan fingerprint density at radius 3 is 2.39 bits per heavy atom. The molecule has 6 nitrogen and oxygen atoms in total. The molecule has 23 heavy (non-hydrogen) atoms. The first-order valence-electron chi connectivity index (χ1n) is 7.05. The van der Waals surface area contributed by atoms with E-state index < -0.39 is 41.7 Å². The Bertz CT molecular complexity index is 573. The average Bonchev–Trinajstić information content (AvgIpc) is 2.50. The quantitative estimate of drug-likeness (QED) is 0.736. The lowest BCUT2D eigenvalue weighted by Crippen LogP contribution is -2.46. The maximum atomic E-state index is 13.4. The third kappa shape index (κ3) is 5.65. The Balaban J connectivity index is 2.50. The predicted molar refractivity (Wildman–Crippen MR) is 77.5 cm³/mol. The van der Waals surface area contributed by atoms with Gasteiger partial charge in [-0.3, -0.25) is 9.59 Å². The van der Waals surface area contributed by atoms with E-state index in [1.165, 1.54) is 6.92 Å². The first-order chi connectivity index (χ1) is 10.9. The van der Waals surface area contributed by atoms with Gasteiger partial charge in [-0.25, -0.2) is 13.6 Å². The summed E-state index contributed by atoms with van der Waals surface area (Å²) in [6, 6.07) is 2.09. The highest BCUT2D eigenvalue weighted by atomic mass is 19.1. The average molecular weight is 328 g/mol. The van der Waals surface area contributed by atoms with Gasteiger partial charge in [0.15, 0.2) is 6.61 Å². The molecule has 0 aromatic heterocycles. The number of hydrogen-bond acceptors (Lipinski definition) is 4. The van der Waals surface area contributed by atoms with Gasteiger partial charge in [-0.05, 0) is 25.5 Å². The number of hydrogen-bond donors (Lipinski definition) is 2. The van der Waals surface area contributed by atoms with Crippen molar-refractivity contribution in [1.82, 2.24) is 10.6 Å². The van der Waals surface area contributed by atoms with Crippen LogP contribution in [0.1, 0.15) is 30.6 Å². The van der Waals surface area contributed by atoms with E-state index >= 15 is 0 Å². The van der Waals surface area contributed by atoms with Gasteiger partial charge >= 0.3 is 5.97 Å². The third-order valence-electron chi connectivity index (χ3n) is 2.82. The zero-order chi connectivity index (χ0) is 17.4. The fourth-order valence-corrected chi connectivity index (χ4v) is 1.65. The molecule has 0 spiro atoms. The lowest BCUT2D eigenvalue weighted by atomic mass is 10.2. The lowest BCUT2D eigenvalue weighted by molar-refractivity contribution is -0.130. The van der Waals surface area contributed by atoms with Crippen molar-refractivity contribution in [2.75, 3.05) is 13.2 Å². The summed E-state index contributed by atoms with van der Waals surface area (Å²) in [5.41, 5.74) is -0.867. The van der Waals surface area contributed by atoms with Gasteiger partial charge in [0, 0.05) is 6.54 Å². The minimum atomic E-state index is -1.29. The van der Waals surface area contributed by atoms with Crippen LogP contribution in [-0.4, -0.2) is 37.0 Å². The molecule has 1 aromatic rings. The van der Waals surface area contributed by atoms with Gasteiger partial charge in [-0.15, -0.1) is 0 Å². The summed E-state index contributed by atoms with van der Waals surface area (Å²) in [7, 11) is 0. The zero-order valence-corrected chi connectivity index (χ0v) is 12.8. The van der Waals surface area contributed by atoms with E-state index in [4.69, 9.17) is 0 Å². The van der Waals surface area contributed by atoms with E-state index in [9.17, 15) is 23.2 Å². The molecule has 0 aliphatic heterocycles. The van der Waals surface area contributed by atoms with E-state index in [0.29, 0.717) is 6.54 Å². The molecule has 0 aliphatic rings. The Morgan fingerprint density at radius 1 is 1.22 bits per heavy atom. The van der Waals surface area contributed by atoms with Crippen molar-refractivity contribution < 1.29 is 27.9 Å². The third-order valence-corrected chi connectivity index (χ3v) is 2.82. The SMILES string of the molecule is CCCNC(=O)[C@H](C)NC(=O)COC(=O)c1c(F)cccc1F. The summed E-state index contributed by atoms with van der Waals surface area (Å²) in [4.78, 5) is 34.7. The summed E-state index contributed by atoms with van der Waals surface area (Å²) in [6.45, 7) is 3.06. The second-order valence-corrected chi connectivity index (χ2v) is 4.75. The Labute approximate surface area is 132 Å². The number of esters is 1. The van der Waals surface area contributed by atoms with Crippen LogP contribution in [0.25, 0.3) is 0 Å². The van der Waals surface area contributed by atoms with Crippen molar-refractivity contribution >= 4 is 17.8 Å². The lowest BCUT2D eigenvalue weighted by Gasteiger charge is -2.14. The molecule has 0 saturated heterocycles. The van der Waals surface area contributed by atoms with Gasteiger partial charge in [0.1, 0.15) is 23.2 Å². The van der Waals surface area contributed by atoms with Crippen molar-refractivity contribution in [2.45, 2.75) is 26.3 Å². The van der Waals surface area contributed by atoms with Crippen LogP contribution >= 0.6 is 0 Å². The molecule has 126 valence electrons. The van der Waals surface area contributed by atoms with Crippen molar-refractivity contribution in [2.24, 2.45) is 0 Å². The standard InChI is InChI=1S/C15H18F2N2O4/c1-3-7-18-14(21)9(2)19-12(20)8-23-15(22)13-10(16)5-4-6-11(13)17/h4-6,9H,3,7-8H2,1-2H3,(H,18,21)(H,19,20)/t9-/m0/s1. The van der Waals surface area contributed by atoms with Gasteiger partial charge in [0.05, 0.1) is 0 Å². The van der Waals surface area contributed by atoms with Crippen LogP contribution < -0.4 is 10.6 Å². The van der Waals surface area contributed by atoms with Crippen LogP contribution in [0.5, 0.6) is 0 Å². The molecule has 0 fully saturated rings. The highest BCUT2D eigenvalue weighted by molar-refractivity contribution is 5.92. The summed E-state index contributed by atoms with van der Waals surface area (Å²) in [6.07, 6.45) is 0.748. The molecular weight excluding hydrogens is 310 g/mol. The molecule has 2 amide bonds. The van der Waals surface area contributed by atoms with Crippen molar-refractivity contribution in [3.63, 3.8) is 0 Å². The van der Waals surface area contributed by atoms with Crippen LogP contribution in [0.4, 0.5) is 8.78 Å². The van der Waals surface area contributed by atoms with Crippen LogP contribution in [0, 0.1) is 11.6 Å². The van der Waals surface area contributed by atoms with Gasteiger partial charge in [0.25, 0.3) is 5.91 Å². The van der Waals surface area contributed by atoms with Gasteiger partial charge in [-0.2, -0.15) is 0 Å². The van der Waals surface area contributed by atoms with Crippen LogP contribution in [0.2, 0.25) is 0 Å². The largest absolute Gasteiger partial charge is 0.452 e. The molecular formula is C15H18F2N2O4. The van der Waals surface area contributed by atoms with E-state index in [2.05, 4.69) is 15.4 Å². The summed E-state index contributed by atoms with van der Waals surface area (Å²) in [5, 5.41) is 4.89. The van der Waals surface area contributed by atoms with Gasteiger partial charge in [-0.1, -0.05) is 13.0 Å². The number of amides is 2. The normalized spacial score (nSPS) is 11.5. The highest BCUT2D eigenvalue weighted by Gasteiger charge is 2.20. The molecule has 1 rings (SSSR count). The molecule has 1 aromatic carbocycles. The molecule has 8 heteroatoms. The topological polar surface area (TPSA) is 84.5 Å². The van der Waals surface area contributed by atoms with Crippen molar-refractivity contribution in [3.8, 4) is 0 Å². The molecule has 0 bridgehead atoms. The number of rotatable bonds is 7. The Hall–Kier alpha value is -2.51. The fraction of sp³-hybridized carbons (Fsp3) is 0.400. The van der Waals surface area contributed by atoms with Gasteiger partial charge in [0.2, 0.25) is 5.91 Å². The maximum absolute atomic E-state index is 13.4. The minimum absolute atomic E-state index is 0.383. The van der Waals surface area contributed by atoms with E-state index in [-0.39, 0.29) is 5.91 Å². The number of benzene rings is 1. The van der Waals surface area contributed by atoms with Crippen LogP contribution in [-0.2, 0) is 14.3 Å². The predicted octanol–water partition coefficient (Wildman–Crippen LogP) is 1.15. The maximum Gasteiger partial charge on any atom is 0.344 e. The van der Waals surface area contributed by atoms with Crippen LogP contribution in [0.3, 0.4) is 0 Å². The zero-order valence-electron chi connectivity index (χ0n) is 12.8. The number of carbonyl (C=O) groups excluding carboxylic acids is 3. The van der Waals surface area contributed by atoms with E-state index in [1.54, 1.807) is 0 Å². The molecule has 0 heterocycles. The first-order valence-corrected chi connectivity index (χ1v) is 7.05. The van der Waals surface area contributed by atoms with Gasteiger partial charge < -0.3 is 15.4 Å². The second-order valence-electron chi connectivity index (χ2n) is 4.75. The van der Waals surface area contributed by atoms with Crippen molar-refractivity contribution in [1.29, 1.82) is 0 Å². The van der Waals surface area contributed by atoms with Crippen molar-refractivity contribution in [3.05, 3.63) is 35.4 Å². The van der Waals surface area contributed by atoms with Crippen LogP contribution in [0.15, 0.2) is 18.2 Å². The summed E-state index contributed by atoms with van der Waals surface area (Å²) in [5.74, 6) is -4.59. The number of halogens is 2. The molecule has 0 radical (unpaired) electrons. The Morgan fingerprint density at radius 2 is 1.83 bits per heavy atom. The monoisotopic (exact) mass is 328 g/mol. The van der Waals surface area contributed by atoms with E-state index in [1.807, 2.05) is 6.92 Å². The summed E-state index contributed by atoms with van der Waals surface area (Å²) < 4.78 is 31.3. The minimum Gasteiger partial charge on any atom is -0.452 e. The molecule has 0 aliphatic carbocycles. The molecule has 2 N–H and O–H groups in total. The number of nitrogens with one attached hydrogen (secondary N) is 2. The summed E-state index contributed by atoms with van der Waals surface area (Å²) >= 11 is 0. The number of ether oxygens (including phenoxy) is 1. The molecule has 1 atom stereocenters. The fourth-order valence-electron chi connectivity index (χ4n) is 1.65. The Kier molecular flexibility index (Phi) is 7.11. The first kappa shape index (κ1) is 18.5. The van der Waals surface area contributed by atoms with E-state index in [0.717, 1.165) is 24.6 Å². The molecule has 0 saturated carbocycles.